The second-order valence-electron chi connectivity index (χ2n) is 5.01. The van der Waals surface area contributed by atoms with Crippen LogP contribution in [0.4, 0.5) is 0 Å². The molecule has 0 fully saturated rings. The summed E-state index contributed by atoms with van der Waals surface area (Å²) in [4.78, 5) is 4.61. The summed E-state index contributed by atoms with van der Waals surface area (Å²) in [5.41, 5.74) is 0.970. The molecule has 4 heteroatoms. The largest absolute Gasteiger partial charge is 0.235 e. The molecule has 0 unspecified atom stereocenters. The van der Waals surface area contributed by atoms with Gasteiger partial charge in [0.2, 0.25) is 0 Å². The summed E-state index contributed by atoms with van der Waals surface area (Å²) in [6, 6.07) is 14.8. The third kappa shape index (κ3) is 1.54. The first-order valence-corrected chi connectivity index (χ1v) is 8.67. The topological polar surface area (TPSA) is 12.9 Å². The fraction of sp³-hybridized carbons (Fsp3) is 0. The first-order chi connectivity index (χ1) is 10.3. The number of pyridine rings is 1. The Balaban J connectivity index is 2.22. The van der Waals surface area contributed by atoms with Crippen LogP contribution in [0.5, 0.6) is 0 Å². The first-order valence-electron chi connectivity index (χ1n) is 6.59. The van der Waals surface area contributed by atoms with Crippen LogP contribution in [0.2, 0.25) is 5.15 Å². The average molecular weight is 326 g/mol. The van der Waals surface area contributed by atoms with Gasteiger partial charge in [-0.3, -0.25) is 0 Å². The van der Waals surface area contributed by atoms with E-state index in [1.54, 1.807) is 22.7 Å². The van der Waals surface area contributed by atoms with Crippen LogP contribution in [0.15, 0.2) is 47.8 Å². The lowest BCUT2D eigenvalue weighted by Gasteiger charge is -2.06. The van der Waals surface area contributed by atoms with Crippen LogP contribution in [-0.4, -0.2) is 4.98 Å². The van der Waals surface area contributed by atoms with E-state index in [0.717, 1.165) is 10.2 Å². The van der Waals surface area contributed by atoms with Gasteiger partial charge in [-0.05, 0) is 28.3 Å². The molecular formula is C17H8ClNS2. The summed E-state index contributed by atoms with van der Waals surface area (Å²) < 4.78 is 2.41. The van der Waals surface area contributed by atoms with Crippen molar-refractivity contribution in [1.29, 1.82) is 0 Å². The molecule has 0 saturated carbocycles. The Morgan fingerprint density at radius 1 is 0.905 bits per heavy atom. The molecular weight excluding hydrogens is 318 g/mol. The lowest BCUT2D eigenvalue weighted by Crippen LogP contribution is -1.84. The van der Waals surface area contributed by atoms with Gasteiger partial charge in [0.1, 0.15) is 5.15 Å². The lowest BCUT2D eigenvalue weighted by molar-refractivity contribution is 1.46. The van der Waals surface area contributed by atoms with Gasteiger partial charge in [0, 0.05) is 16.2 Å². The zero-order valence-electron chi connectivity index (χ0n) is 10.8. The maximum atomic E-state index is 6.42. The van der Waals surface area contributed by atoms with Crippen molar-refractivity contribution in [2.24, 2.45) is 0 Å². The van der Waals surface area contributed by atoms with Crippen LogP contribution in [-0.2, 0) is 0 Å². The van der Waals surface area contributed by atoms with Crippen molar-refractivity contribution in [2.75, 3.05) is 0 Å². The van der Waals surface area contributed by atoms with Crippen molar-refractivity contribution in [2.45, 2.75) is 0 Å². The van der Waals surface area contributed by atoms with Crippen LogP contribution in [0, 0.1) is 0 Å². The van der Waals surface area contributed by atoms with E-state index in [0.29, 0.717) is 5.15 Å². The molecule has 0 radical (unpaired) electrons. The molecule has 0 spiro atoms. The summed E-state index contributed by atoms with van der Waals surface area (Å²) in [6.45, 7) is 0. The smallest absolute Gasteiger partial charge is 0.147 e. The van der Waals surface area contributed by atoms with Crippen LogP contribution >= 0.6 is 34.3 Å². The van der Waals surface area contributed by atoms with Crippen LogP contribution in [0.25, 0.3) is 41.2 Å². The fourth-order valence-corrected chi connectivity index (χ4v) is 5.44. The minimum atomic E-state index is 0.612. The quantitative estimate of drug-likeness (QED) is 0.235. The number of benzene rings is 2. The highest BCUT2D eigenvalue weighted by molar-refractivity contribution is 7.41. The SMILES string of the molecule is Clc1nc2ccc3ccccc3c2c2c1sc1sccc12. The van der Waals surface area contributed by atoms with Crippen LogP contribution in [0.3, 0.4) is 0 Å². The number of rotatable bonds is 0. The number of fused-ring (bicyclic) bond motifs is 7. The first kappa shape index (κ1) is 11.9. The van der Waals surface area contributed by atoms with E-state index in [1.165, 1.54) is 30.9 Å². The molecule has 1 nitrogen and oxygen atoms in total. The summed E-state index contributed by atoms with van der Waals surface area (Å²) in [6.07, 6.45) is 0. The number of hydrogen-bond acceptors (Lipinski definition) is 3. The summed E-state index contributed by atoms with van der Waals surface area (Å²) in [7, 11) is 0. The number of thiophene rings is 2. The fourth-order valence-electron chi connectivity index (χ4n) is 2.99. The molecule has 0 aliphatic heterocycles. The standard InChI is InChI=1S/C17H8ClNS2/c18-16-15-14(11-7-8-20-17(11)21-15)13-10-4-2-1-3-9(10)5-6-12(13)19-16/h1-8H. The van der Waals surface area contributed by atoms with Crippen molar-refractivity contribution in [3.63, 3.8) is 0 Å². The lowest BCUT2D eigenvalue weighted by atomic mass is 10.0. The van der Waals surface area contributed by atoms with Crippen LogP contribution in [0.1, 0.15) is 0 Å². The molecule has 21 heavy (non-hydrogen) atoms. The summed E-state index contributed by atoms with van der Waals surface area (Å²) >= 11 is 9.93. The van der Waals surface area contributed by atoms with E-state index in [-0.39, 0.29) is 0 Å². The van der Waals surface area contributed by atoms with Gasteiger partial charge in [0.25, 0.3) is 0 Å². The van der Waals surface area contributed by atoms with E-state index >= 15 is 0 Å². The Morgan fingerprint density at radius 3 is 2.76 bits per heavy atom. The summed E-state index contributed by atoms with van der Waals surface area (Å²) in [5, 5.41) is 9.01. The van der Waals surface area contributed by atoms with Crippen molar-refractivity contribution >= 4 is 75.4 Å². The Labute approximate surface area is 133 Å². The molecule has 100 valence electrons. The van der Waals surface area contributed by atoms with Gasteiger partial charge in [-0.25, -0.2) is 4.98 Å². The second-order valence-corrected chi connectivity index (χ2v) is 7.56. The van der Waals surface area contributed by atoms with Gasteiger partial charge in [0.15, 0.2) is 0 Å². The molecule has 2 aromatic carbocycles. The van der Waals surface area contributed by atoms with Gasteiger partial charge in [-0.1, -0.05) is 41.9 Å². The third-order valence-corrected chi connectivity index (χ3v) is 6.52. The van der Waals surface area contributed by atoms with Crippen LogP contribution < -0.4 is 0 Å². The number of hydrogen-bond donors (Lipinski definition) is 0. The van der Waals surface area contributed by atoms with Gasteiger partial charge >= 0.3 is 0 Å². The minimum Gasteiger partial charge on any atom is -0.235 e. The van der Waals surface area contributed by atoms with Gasteiger partial charge in [-0.15, -0.1) is 22.7 Å². The van der Waals surface area contributed by atoms with E-state index < -0.39 is 0 Å². The highest BCUT2D eigenvalue weighted by Gasteiger charge is 2.15. The minimum absolute atomic E-state index is 0.612. The Hall–Kier alpha value is -1.68. The molecule has 0 aliphatic carbocycles. The Morgan fingerprint density at radius 2 is 1.81 bits per heavy atom. The zero-order chi connectivity index (χ0) is 14.0. The van der Waals surface area contributed by atoms with Crippen molar-refractivity contribution in [3.05, 3.63) is 53.0 Å². The highest BCUT2D eigenvalue weighted by Crippen LogP contribution is 2.44. The molecule has 0 amide bonds. The van der Waals surface area contributed by atoms with Crippen molar-refractivity contribution < 1.29 is 0 Å². The Bertz CT molecular complexity index is 1150. The maximum Gasteiger partial charge on any atom is 0.147 e. The number of aromatic nitrogens is 1. The predicted octanol–water partition coefficient (Wildman–Crippen LogP) is 6.47. The van der Waals surface area contributed by atoms with E-state index in [4.69, 9.17) is 11.6 Å². The maximum absolute atomic E-state index is 6.42. The van der Waals surface area contributed by atoms with E-state index in [1.807, 2.05) is 0 Å². The molecule has 5 aromatic rings. The molecule has 0 N–H and O–H groups in total. The molecule has 0 saturated heterocycles. The highest BCUT2D eigenvalue weighted by atomic mass is 35.5. The molecule has 0 bridgehead atoms. The van der Waals surface area contributed by atoms with Crippen molar-refractivity contribution in [1.82, 2.24) is 4.98 Å². The molecule has 0 aliphatic rings. The van der Waals surface area contributed by atoms with Gasteiger partial charge < -0.3 is 0 Å². The van der Waals surface area contributed by atoms with Gasteiger partial charge in [0.05, 0.1) is 14.2 Å². The number of halogens is 1. The van der Waals surface area contributed by atoms with E-state index in [9.17, 15) is 0 Å². The van der Waals surface area contributed by atoms with Crippen molar-refractivity contribution in [3.8, 4) is 0 Å². The summed E-state index contributed by atoms with van der Waals surface area (Å²) in [5.74, 6) is 0. The monoisotopic (exact) mass is 325 g/mol. The second kappa shape index (κ2) is 4.17. The van der Waals surface area contributed by atoms with Gasteiger partial charge in [-0.2, -0.15) is 0 Å². The molecule has 5 rings (SSSR count). The number of nitrogens with zero attached hydrogens (tertiary/aromatic N) is 1. The average Bonchev–Trinajstić information content (AvgIpc) is 3.08. The normalized spacial score (nSPS) is 12.0. The predicted molar refractivity (Wildman–Crippen MR) is 95.0 cm³/mol. The third-order valence-electron chi connectivity index (χ3n) is 3.88. The molecule has 0 atom stereocenters. The zero-order valence-corrected chi connectivity index (χ0v) is 13.1. The molecule has 3 heterocycles. The Kier molecular flexibility index (Phi) is 2.37. The molecule has 3 aromatic heterocycles. The van der Waals surface area contributed by atoms with E-state index in [2.05, 4.69) is 52.8 Å².